The molecule has 3 nitrogen and oxygen atoms in total. The number of nitrogens with zero attached hydrogens (tertiary/aromatic N) is 1. The number of halogens is 1. The van der Waals surface area contributed by atoms with Crippen LogP contribution in [0.25, 0.3) is 0 Å². The van der Waals surface area contributed by atoms with Crippen molar-refractivity contribution in [1.29, 1.82) is 0 Å². The van der Waals surface area contributed by atoms with E-state index in [1.807, 2.05) is 30.6 Å². The fraction of sp³-hybridized carbons (Fsp3) is 0.312. The number of ether oxygens (including phenoxy) is 1. The lowest BCUT2D eigenvalue weighted by Gasteiger charge is -2.11. The van der Waals surface area contributed by atoms with Gasteiger partial charge in [0, 0.05) is 42.5 Å². The van der Waals surface area contributed by atoms with Gasteiger partial charge < -0.3 is 10.1 Å². The number of nitrogens with one attached hydrogen (secondary N) is 1. The zero-order valence-corrected chi connectivity index (χ0v) is 12.2. The van der Waals surface area contributed by atoms with Gasteiger partial charge in [-0.15, -0.1) is 0 Å². The Bertz CT molecular complexity index is 628. The van der Waals surface area contributed by atoms with Crippen molar-refractivity contribution in [1.82, 2.24) is 10.3 Å². The summed E-state index contributed by atoms with van der Waals surface area (Å²) in [6.07, 6.45) is 4.67. The molecule has 1 aliphatic heterocycles. The first-order chi connectivity index (χ1) is 9.74. The molecular weight excluding hydrogens is 272 g/mol. The van der Waals surface area contributed by atoms with Crippen LogP contribution in [-0.4, -0.2) is 11.6 Å². The number of hydrogen-bond donors (Lipinski definition) is 1. The number of hydrogen-bond acceptors (Lipinski definition) is 3. The normalized spacial score (nSPS) is 13.1. The van der Waals surface area contributed by atoms with Gasteiger partial charge in [-0.25, -0.2) is 0 Å². The molecule has 0 radical (unpaired) electrons. The highest BCUT2D eigenvalue weighted by molar-refractivity contribution is 6.30. The van der Waals surface area contributed by atoms with E-state index in [0.29, 0.717) is 0 Å². The molecule has 104 valence electrons. The van der Waals surface area contributed by atoms with Crippen LogP contribution in [0.3, 0.4) is 0 Å². The van der Waals surface area contributed by atoms with Crippen molar-refractivity contribution in [2.45, 2.75) is 26.4 Å². The van der Waals surface area contributed by atoms with Crippen molar-refractivity contribution in [2.24, 2.45) is 0 Å². The van der Waals surface area contributed by atoms with Crippen molar-refractivity contribution >= 4 is 11.6 Å². The minimum absolute atomic E-state index is 0.747. The number of benzene rings is 1. The van der Waals surface area contributed by atoms with Crippen molar-refractivity contribution in [3.8, 4) is 5.75 Å². The Balaban J connectivity index is 1.69. The number of pyridine rings is 1. The highest BCUT2D eigenvalue weighted by atomic mass is 35.5. The molecule has 20 heavy (non-hydrogen) atoms. The zero-order valence-electron chi connectivity index (χ0n) is 11.4. The first-order valence-corrected chi connectivity index (χ1v) is 7.16. The summed E-state index contributed by atoms with van der Waals surface area (Å²) in [5, 5.41) is 4.22. The molecule has 1 N–H and O–H groups in total. The Kier molecular flexibility index (Phi) is 3.90. The second-order valence-corrected chi connectivity index (χ2v) is 5.49. The smallest absolute Gasteiger partial charge is 0.127 e. The molecule has 0 spiro atoms. The maximum atomic E-state index is 6.16. The van der Waals surface area contributed by atoms with E-state index in [0.717, 1.165) is 42.5 Å². The number of fused-ring (bicyclic) bond motifs is 1. The van der Waals surface area contributed by atoms with Gasteiger partial charge in [-0.2, -0.15) is 0 Å². The highest BCUT2D eigenvalue weighted by Gasteiger charge is 2.17. The molecule has 0 aliphatic carbocycles. The molecule has 1 aliphatic rings. The van der Waals surface area contributed by atoms with E-state index in [9.17, 15) is 0 Å². The molecule has 3 rings (SSSR count). The maximum Gasteiger partial charge on any atom is 0.127 e. The second-order valence-electron chi connectivity index (χ2n) is 5.06. The predicted molar refractivity (Wildman–Crippen MR) is 80.2 cm³/mol. The van der Waals surface area contributed by atoms with Crippen LogP contribution in [0.15, 0.2) is 30.6 Å². The van der Waals surface area contributed by atoms with E-state index in [1.165, 1.54) is 16.7 Å². The molecule has 0 fully saturated rings. The molecule has 0 bridgehead atoms. The summed E-state index contributed by atoms with van der Waals surface area (Å²) >= 11 is 6.16. The van der Waals surface area contributed by atoms with Gasteiger partial charge in [0.1, 0.15) is 5.75 Å². The average molecular weight is 289 g/mol. The van der Waals surface area contributed by atoms with Crippen LogP contribution in [0.4, 0.5) is 0 Å². The van der Waals surface area contributed by atoms with E-state index < -0.39 is 0 Å². The fourth-order valence-electron chi connectivity index (χ4n) is 2.49. The van der Waals surface area contributed by atoms with Crippen LogP contribution in [0.1, 0.15) is 22.3 Å². The summed E-state index contributed by atoms with van der Waals surface area (Å²) in [6, 6.07) is 6.00. The fourth-order valence-corrected chi connectivity index (χ4v) is 2.75. The van der Waals surface area contributed by atoms with Gasteiger partial charge in [-0.05, 0) is 41.8 Å². The molecule has 0 saturated heterocycles. The molecular formula is C16H17ClN2O. The lowest BCUT2D eigenvalue weighted by molar-refractivity contribution is 0.352. The third-order valence-electron chi connectivity index (χ3n) is 3.60. The van der Waals surface area contributed by atoms with Crippen molar-refractivity contribution in [3.63, 3.8) is 0 Å². The molecule has 2 aromatic rings. The summed E-state index contributed by atoms with van der Waals surface area (Å²) in [4.78, 5) is 4.16. The molecule has 2 heterocycles. The number of aryl methyl sites for hydroxylation is 1. The minimum Gasteiger partial charge on any atom is -0.493 e. The largest absolute Gasteiger partial charge is 0.493 e. The summed E-state index contributed by atoms with van der Waals surface area (Å²) < 4.78 is 5.70. The maximum absolute atomic E-state index is 6.16. The van der Waals surface area contributed by atoms with Crippen molar-refractivity contribution in [3.05, 3.63) is 57.9 Å². The van der Waals surface area contributed by atoms with Gasteiger partial charge in [0.2, 0.25) is 0 Å². The Morgan fingerprint density at radius 1 is 1.30 bits per heavy atom. The Hall–Kier alpha value is -1.58. The third kappa shape index (κ3) is 2.79. The van der Waals surface area contributed by atoms with E-state index in [2.05, 4.69) is 17.2 Å². The van der Waals surface area contributed by atoms with Crippen LogP contribution in [-0.2, 0) is 19.5 Å². The quantitative estimate of drug-likeness (QED) is 0.937. The average Bonchev–Trinajstić information content (AvgIpc) is 2.89. The summed E-state index contributed by atoms with van der Waals surface area (Å²) in [7, 11) is 0. The Morgan fingerprint density at radius 3 is 3.00 bits per heavy atom. The van der Waals surface area contributed by atoms with Crippen LogP contribution < -0.4 is 10.1 Å². The molecule has 0 atom stereocenters. The minimum atomic E-state index is 0.747. The van der Waals surface area contributed by atoms with Crippen LogP contribution in [0.5, 0.6) is 5.75 Å². The predicted octanol–water partition coefficient (Wildman–Crippen LogP) is 3.27. The second kappa shape index (κ2) is 5.81. The summed E-state index contributed by atoms with van der Waals surface area (Å²) in [6.45, 7) is 4.39. The third-order valence-corrected chi connectivity index (χ3v) is 3.82. The van der Waals surface area contributed by atoms with E-state index >= 15 is 0 Å². The van der Waals surface area contributed by atoms with Crippen molar-refractivity contribution < 1.29 is 4.74 Å². The van der Waals surface area contributed by atoms with Crippen LogP contribution in [0, 0.1) is 6.92 Å². The number of rotatable bonds is 4. The SMILES string of the molecule is Cc1ccncc1CNCc1cc(Cl)cc2c1OCC2. The Labute approximate surface area is 123 Å². The lowest BCUT2D eigenvalue weighted by Crippen LogP contribution is -2.14. The molecule has 0 saturated carbocycles. The zero-order chi connectivity index (χ0) is 13.9. The van der Waals surface area contributed by atoms with Gasteiger partial charge in [0.15, 0.2) is 0 Å². The Morgan fingerprint density at radius 2 is 2.15 bits per heavy atom. The van der Waals surface area contributed by atoms with Gasteiger partial charge in [0.25, 0.3) is 0 Å². The number of aromatic nitrogens is 1. The van der Waals surface area contributed by atoms with Gasteiger partial charge in [-0.3, -0.25) is 4.98 Å². The lowest BCUT2D eigenvalue weighted by atomic mass is 10.1. The molecule has 1 aromatic carbocycles. The first-order valence-electron chi connectivity index (χ1n) is 6.78. The molecule has 0 amide bonds. The van der Waals surface area contributed by atoms with Gasteiger partial charge in [-0.1, -0.05) is 11.6 Å². The standard InChI is InChI=1S/C16H17ClN2O/c1-11-2-4-18-9-14(11)10-19-8-13-7-15(17)6-12-3-5-20-16(12)13/h2,4,6-7,9,19H,3,5,8,10H2,1H3. The molecule has 1 aromatic heterocycles. The first kappa shape index (κ1) is 13.4. The highest BCUT2D eigenvalue weighted by Crippen LogP contribution is 2.32. The van der Waals surface area contributed by atoms with E-state index in [-0.39, 0.29) is 0 Å². The van der Waals surface area contributed by atoms with E-state index in [4.69, 9.17) is 16.3 Å². The summed E-state index contributed by atoms with van der Waals surface area (Å²) in [5.41, 5.74) is 4.81. The van der Waals surface area contributed by atoms with Crippen LogP contribution in [0.2, 0.25) is 5.02 Å². The van der Waals surface area contributed by atoms with Gasteiger partial charge >= 0.3 is 0 Å². The molecule has 4 heteroatoms. The van der Waals surface area contributed by atoms with Crippen LogP contribution >= 0.6 is 11.6 Å². The van der Waals surface area contributed by atoms with Crippen molar-refractivity contribution in [2.75, 3.05) is 6.61 Å². The topological polar surface area (TPSA) is 34.2 Å². The molecule has 0 unspecified atom stereocenters. The van der Waals surface area contributed by atoms with E-state index in [1.54, 1.807) is 0 Å². The monoisotopic (exact) mass is 288 g/mol. The van der Waals surface area contributed by atoms with Gasteiger partial charge in [0.05, 0.1) is 6.61 Å². The summed E-state index contributed by atoms with van der Waals surface area (Å²) in [5.74, 6) is 1.00.